The molecule has 2 aliphatic heterocycles. The predicted molar refractivity (Wildman–Crippen MR) is 200 cm³/mol. The average Bonchev–Trinajstić information content (AvgIpc) is 3.91. The SMILES string of the molecule is CO[C@@]1(C(=O)Nc2ccc3[nH]nc(-c4ccc(OC(C)C)nc4)c3c2)CCN(CC(=O)N2CC=C(c3ccc(-c4ncn(C(C)C)n4)cc3)CC2)C1. The van der Waals surface area contributed by atoms with Gasteiger partial charge in [-0.05, 0) is 75.9 Å². The number of nitrogens with one attached hydrogen (secondary N) is 2. The van der Waals surface area contributed by atoms with Crippen molar-refractivity contribution in [1.29, 1.82) is 0 Å². The molecular weight excluding hydrogens is 658 g/mol. The van der Waals surface area contributed by atoms with Crippen LogP contribution in [0.2, 0.25) is 0 Å². The third kappa shape index (κ3) is 7.32. The standard InChI is InChI=1S/C39H45N9O4/c1-25(2)48-24-41-37(45-48)29-8-6-27(7-9-29)28-14-17-47(18-15-28)35(49)22-46-19-16-39(23-46,51-5)38(50)42-31-11-12-33-32(20-31)36(44-43-33)30-10-13-34(40-21-30)52-26(3)4/h6-14,20-21,24-26H,15-19,22-23H2,1-5H3,(H,42,50)(H,43,44)/t39-/m0/s1. The van der Waals surface area contributed by atoms with E-state index in [4.69, 9.17) is 9.47 Å². The summed E-state index contributed by atoms with van der Waals surface area (Å²) in [4.78, 5) is 39.9. The van der Waals surface area contributed by atoms with Crippen LogP contribution in [0, 0.1) is 0 Å². The Bertz CT molecular complexity index is 2080. The lowest BCUT2D eigenvalue weighted by molar-refractivity contribution is -0.138. The number of methoxy groups -OCH3 is 1. The molecule has 0 unspecified atom stereocenters. The van der Waals surface area contributed by atoms with Gasteiger partial charge in [-0.3, -0.25) is 19.6 Å². The van der Waals surface area contributed by atoms with Crippen molar-refractivity contribution in [3.8, 4) is 28.5 Å². The Morgan fingerprint density at radius 3 is 2.44 bits per heavy atom. The van der Waals surface area contributed by atoms with Crippen molar-refractivity contribution < 1.29 is 19.1 Å². The van der Waals surface area contributed by atoms with Crippen LogP contribution in [0.3, 0.4) is 0 Å². The largest absolute Gasteiger partial charge is 0.475 e. The first-order valence-electron chi connectivity index (χ1n) is 17.8. The van der Waals surface area contributed by atoms with Crippen LogP contribution < -0.4 is 10.1 Å². The van der Waals surface area contributed by atoms with Crippen LogP contribution in [0.1, 0.15) is 52.1 Å². The number of carbonyl (C=O) groups is 2. The van der Waals surface area contributed by atoms with Gasteiger partial charge in [-0.2, -0.15) is 10.2 Å². The van der Waals surface area contributed by atoms with Crippen molar-refractivity contribution in [2.24, 2.45) is 0 Å². The summed E-state index contributed by atoms with van der Waals surface area (Å²) in [6, 6.07) is 17.9. The topological polar surface area (TPSA) is 143 Å². The summed E-state index contributed by atoms with van der Waals surface area (Å²) in [6.45, 7) is 10.4. The molecule has 1 atom stereocenters. The molecule has 7 rings (SSSR count). The molecule has 0 aliphatic carbocycles. The number of hydrogen-bond acceptors (Lipinski definition) is 9. The van der Waals surface area contributed by atoms with Crippen molar-refractivity contribution in [2.75, 3.05) is 45.2 Å². The molecule has 0 radical (unpaired) electrons. The van der Waals surface area contributed by atoms with Gasteiger partial charge < -0.3 is 19.7 Å². The van der Waals surface area contributed by atoms with E-state index in [-0.39, 0.29) is 30.5 Å². The first kappa shape index (κ1) is 35.0. The van der Waals surface area contributed by atoms with E-state index in [9.17, 15) is 9.59 Å². The first-order chi connectivity index (χ1) is 25.1. The van der Waals surface area contributed by atoms with Crippen LogP contribution in [0.4, 0.5) is 5.69 Å². The fourth-order valence-corrected chi connectivity index (χ4v) is 6.76. The number of aromatic nitrogens is 6. The summed E-state index contributed by atoms with van der Waals surface area (Å²) >= 11 is 0. The number of benzene rings is 2. The number of H-pyrrole nitrogens is 1. The fourth-order valence-electron chi connectivity index (χ4n) is 6.76. The van der Waals surface area contributed by atoms with Crippen LogP contribution in [0.15, 0.2) is 73.2 Å². The number of likely N-dealkylation sites (tertiary alicyclic amines) is 1. The van der Waals surface area contributed by atoms with Gasteiger partial charge in [0.05, 0.1) is 18.2 Å². The number of nitrogens with zero attached hydrogens (tertiary/aromatic N) is 7. The van der Waals surface area contributed by atoms with E-state index in [1.54, 1.807) is 19.6 Å². The quantitative estimate of drug-likeness (QED) is 0.180. The van der Waals surface area contributed by atoms with E-state index in [0.717, 1.165) is 39.7 Å². The Morgan fingerprint density at radius 2 is 1.77 bits per heavy atom. The molecule has 0 saturated carbocycles. The van der Waals surface area contributed by atoms with Gasteiger partial charge in [0.2, 0.25) is 11.8 Å². The number of hydrogen-bond donors (Lipinski definition) is 2. The van der Waals surface area contributed by atoms with Crippen LogP contribution in [-0.4, -0.2) is 103 Å². The molecule has 2 N–H and O–H groups in total. The second kappa shape index (κ2) is 14.7. The normalized spacial score (nSPS) is 18.0. The van der Waals surface area contributed by atoms with Crippen molar-refractivity contribution in [3.05, 3.63) is 78.8 Å². The number of rotatable bonds is 11. The van der Waals surface area contributed by atoms with E-state index in [2.05, 4.69) is 62.6 Å². The van der Waals surface area contributed by atoms with Gasteiger partial charge in [-0.1, -0.05) is 30.3 Å². The van der Waals surface area contributed by atoms with Gasteiger partial charge >= 0.3 is 0 Å². The summed E-state index contributed by atoms with van der Waals surface area (Å²) in [7, 11) is 1.56. The molecule has 13 nitrogen and oxygen atoms in total. The third-order valence-electron chi connectivity index (χ3n) is 9.77. The highest BCUT2D eigenvalue weighted by Gasteiger charge is 2.45. The summed E-state index contributed by atoms with van der Waals surface area (Å²) < 4.78 is 13.4. The number of anilines is 1. The zero-order chi connectivity index (χ0) is 36.4. The number of pyridine rings is 1. The van der Waals surface area contributed by atoms with E-state index in [1.165, 1.54) is 5.57 Å². The number of amides is 2. The molecule has 5 aromatic rings. The zero-order valence-electron chi connectivity index (χ0n) is 30.3. The van der Waals surface area contributed by atoms with Crippen molar-refractivity contribution >= 4 is 34.0 Å². The summed E-state index contributed by atoms with van der Waals surface area (Å²) in [5.74, 6) is 1.06. The molecule has 1 saturated heterocycles. The maximum Gasteiger partial charge on any atom is 0.258 e. The minimum Gasteiger partial charge on any atom is -0.475 e. The lowest BCUT2D eigenvalue weighted by Gasteiger charge is -2.30. The van der Waals surface area contributed by atoms with Crippen molar-refractivity contribution in [2.45, 2.75) is 58.3 Å². The predicted octanol–water partition coefficient (Wildman–Crippen LogP) is 5.60. The van der Waals surface area contributed by atoms with Gasteiger partial charge in [-0.15, -0.1) is 0 Å². The van der Waals surface area contributed by atoms with Gasteiger partial charge in [0.15, 0.2) is 11.4 Å². The maximum absolute atomic E-state index is 13.7. The number of carbonyl (C=O) groups excluding carboxylic acids is 2. The van der Waals surface area contributed by atoms with Crippen molar-refractivity contribution in [1.82, 2.24) is 39.7 Å². The highest BCUT2D eigenvalue weighted by Crippen LogP contribution is 2.32. The third-order valence-corrected chi connectivity index (χ3v) is 9.77. The van der Waals surface area contributed by atoms with Crippen LogP contribution >= 0.6 is 0 Å². The lowest BCUT2D eigenvalue weighted by Crippen LogP contribution is -2.48. The summed E-state index contributed by atoms with van der Waals surface area (Å²) in [6.07, 6.45) is 6.90. The molecule has 1 fully saturated rings. The molecule has 3 aromatic heterocycles. The Labute approximate surface area is 303 Å². The average molecular weight is 704 g/mol. The lowest BCUT2D eigenvalue weighted by atomic mass is 9.98. The molecule has 2 amide bonds. The molecule has 52 heavy (non-hydrogen) atoms. The van der Waals surface area contributed by atoms with E-state index in [1.807, 2.05) is 70.8 Å². The Hall–Kier alpha value is -5.40. The number of aromatic amines is 1. The molecule has 5 heterocycles. The second-order valence-corrected chi connectivity index (χ2v) is 14.0. The number of fused-ring (bicyclic) bond motifs is 1. The molecule has 2 aliphatic rings. The smallest absolute Gasteiger partial charge is 0.258 e. The monoisotopic (exact) mass is 703 g/mol. The zero-order valence-corrected chi connectivity index (χ0v) is 30.3. The Morgan fingerprint density at radius 1 is 0.981 bits per heavy atom. The minimum absolute atomic E-state index is 0.0287. The van der Waals surface area contributed by atoms with E-state index in [0.29, 0.717) is 50.0 Å². The summed E-state index contributed by atoms with van der Waals surface area (Å²) in [5.41, 5.74) is 5.28. The van der Waals surface area contributed by atoms with Crippen LogP contribution in [-0.2, 0) is 14.3 Å². The highest BCUT2D eigenvalue weighted by atomic mass is 16.5. The highest BCUT2D eigenvalue weighted by molar-refractivity contribution is 6.01. The van der Waals surface area contributed by atoms with E-state index < -0.39 is 5.60 Å². The summed E-state index contributed by atoms with van der Waals surface area (Å²) in [5, 5.41) is 16.1. The van der Waals surface area contributed by atoms with Crippen LogP contribution in [0.5, 0.6) is 5.88 Å². The molecule has 13 heteroatoms. The van der Waals surface area contributed by atoms with Gasteiger partial charge in [0, 0.05) is 73.8 Å². The Balaban J connectivity index is 0.946. The molecule has 0 spiro atoms. The van der Waals surface area contributed by atoms with Gasteiger partial charge in [0.25, 0.3) is 5.91 Å². The molecule has 270 valence electrons. The van der Waals surface area contributed by atoms with Crippen LogP contribution in [0.25, 0.3) is 39.1 Å². The van der Waals surface area contributed by atoms with E-state index >= 15 is 0 Å². The molecule has 2 aromatic carbocycles. The molecule has 0 bridgehead atoms. The van der Waals surface area contributed by atoms with Gasteiger partial charge in [-0.25, -0.2) is 14.6 Å². The second-order valence-electron chi connectivity index (χ2n) is 14.0. The Kier molecular flexibility index (Phi) is 9.89. The maximum atomic E-state index is 13.7. The first-order valence-corrected chi connectivity index (χ1v) is 17.8. The van der Waals surface area contributed by atoms with Crippen molar-refractivity contribution in [3.63, 3.8) is 0 Å². The fraction of sp³-hybridized carbons (Fsp3) is 0.385. The minimum atomic E-state index is -1.08. The molecular formula is C39H45N9O4. The number of ether oxygens (including phenoxy) is 2. The van der Waals surface area contributed by atoms with Gasteiger partial charge in [0.1, 0.15) is 12.0 Å².